The van der Waals surface area contributed by atoms with Gasteiger partial charge in [-0.05, 0) is 84.5 Å². The maximum atomic E-state index is 9.32. The highest BCUT2D eigenvalue weighted by molar-refractivity contribution is 5.54. The van der Waals surface area contributed by atoms with Gasteiger partial charge in [-0.15, -0.1) is 0 Å². The van der Waals surface area contributed by atoms with E-state index in [-0.39, 0.29) is 18.7 Å². The highest BCUT2D eigenvalue weighted by Gasteiger charge is 2.36. The zero-order valence-corrected chi connectivity index (χ0v) is 21.3. The zero-order valence-electron chi connectivity index (χ0n) is 21.3. The zero-order chi connectivity index (χ0) is 24.2. The minimum absolute atomic E-state index is 0.0460. The lowest BCUT2D eigenvalue weighted by Gasteiger charge is -2.43. The van der Waals surface area contributed by atoms with Crippen LogP contribution >= 0.6 is 0 Å². The predicted molar refractivity (Wildman–Crippen MR) is 137 cm³/mol. The molecule has 0 bridgehead atoms. The first kappa shape index (κ1) is 24.6. The van der Waals surface area contributed by atoms with E-state index < -0.39 is 0 Å². The Bertz CT molecular complexity index is 1080. The van der Waals surface area contributed by atoms with Gasteiger partial charge < -0.3 is 9.84 Å². The molecule has 2 heterocycles. The van der Waals surface area contributed by atoms with Crippen molar-refractivity contribution in [2.24, 2.45) is 0 Å². The maximum Gasteiger partial charge on any atom is 0.0698 e. The van der Waals surface area contributed by atoms with Crippen LogP contribution in [0, 0.1) is 20.8 Å². The largest absolute Gasteiger partial charge is 0.394 e. The molecule has 0 aliphatic carbocycles. The van der Waals surface area contributed by atoms with Crippen molar-refractivity contribution in [3.8, 4) is 0 Å². The third-order valence-corrected chi connectivity index (χ3v) is 7.71. The monoisotopic (exact) mass is 461 g/mol. The fourth-order valence-electron chi connectivity index (χ4n) is 6.10. The van der Waals surface area contributed by atoms with Crippen molar-refractivity contribution < 1.29 is 9.84 Å². The number of fused-ring (bicyclic) bond motifs is 1. The van der Waals surface area contributed by atoms with Gasteiger partial charge in [0.25, 0.3) is 0 Å². The van der Waals surface area contributed by atoms with Crippen LogP contribution in [0.4, 0.5) is 0 Å². The minimum Gasteiger partial charge on any atom is -0.394 e. The Morgan fingerprint density at radius 3 is 2.32 bits per heavy atom. The Kier molecular flexibility index (Phi) is 7.87. The molecule has 2 atom stereocenters. The lowest BCUT2D eigenvalue weighted by Crippen LogP contribution is -2.46. The first-order valence-corrected chi connectivity index (χ1v) is 12.6. The smallest absolute Gasteiger partial charge is 0.0698 e. The Labute approximate surface area is 204 Å². The first-order valence-electron chi connectivity index (χ1n) is 12.6. The van der Waals surface area contributed by atoms with Crippen LogP contribution in [0.1, 0.15) is 70.0 Å². The van der Waals surface area contributed by atoms with E-state index in [1.54, 1.807) is 0 Å². The number of H-pyrrole nitrogens is 1. The second-order valence-electron chi connectivity index (χ2n) is 9.48. The number of aromatic amines is 1. The van der Waals surface area contributed by atoms with Crippen molar-refractivity contribution in [3.63, 3.8) is 0 Å². The van der Waals surface area contributed by atoms with Crippen LogP contribution in [-0.2, 0) is 30.5 Å². The molecule has 0 amide bonds. The number of aliphatic hydroxyl groups is 1. The van der Waals surface area contributed by atoms with Crippen molar-refractivity contribution in [3.05, 3.63) is 86.7 Å². The summed E-state index contributed by atoms with van der Waals surface area (Å²) in [7, 11) is 0. The Balaban J connectivity index is 1.90. The van der Waals surface area contributed by atoms with Crippen molar-refractivity contribution in [1.82, 2.24) is 15.1 Å². The topological polar surface area (TPSA) is 61.4 Å². The van der Waals surface area contributed by atoms with Crippen LogP contribution in [0.2, 0.25) is 0 Å². The number of rotatable bonds is 9. The lowest BCUT2D eigenvalue weighted by atomic mass is 9.80. The molecule has 1 aliphatic heterocycles. The highest BCUT2D eigenvalue weighted by atomic mass is 16.5. The third kappa shape index (κ3) is 4.57. The third-order valence-electron chi connectivity index (χ3n) is 7.71. The van der Waals surface area contributed by atoms with Gasteiger partial charge in [0.1, 0.15) is 0 Å². The lowest BCUT2D eigenvalue weighted by molar-refractivity contribution is 0.0207. The van der Waals surface area contributed by atoms with E-state index in [4.69, 9.17) is 4.74 Å². The summed E-state index contributed by atoms with van der Waals surface area (Å²) in [6.07, 6.45) is 7.02. The maximum absolute atomic E-state index is 9.32. The summed E-state index contributed by atoms with van der Waals surface area (Å²) in [6.45, 7) is 13.3. The molecule has 0 saturated heterocycles. The number of ether oxygens (including phenoxy) is 1. The second kappa shape index (κ2) is 10.9. The molecule has 0 fully saturated rings. The number of aromatic nitrogens is 2. The number of hydrogen-bond donors (Lipinski definition) is 2. The number of aliphatic hydroxyl groups excluding tert-OH is 1. The fourth-order valence-corrected chi connectivity index (χ4v) is 6.10. The molecule has 0 spiro atoms. The van der Waals surface area contributed by atoms with Crippen LogP contribution in [0.5, 0.6) is 0 Å². The van der Waals surface area contributed by atoms with Gasteiger partial charge in [-0.3, -0.25) is 10.00 Å². The Morgan fingerprint density at radius 1 is 1.06 bits per heavy atom. The Hall–Kier alpha value is -2.47. The van der Waals surface area contributed by atoms with Gasteiger partial charge >= 0.3 is 0 Å². The molecule has 4 rings (SSSR count). The molecule has 2 aromatic carbocycles. The standard InChI is InChI=1S/C29H39N3O2/c1-6-26-19(3)27(7-2)21(5)28(20(26)4)29(24-15-30-31-16-24)32-17-23-11-9-8-10-22(23)14-25(32)18-34-13-12-33/h8-11,15-16,25,29,33H,6-7,12-14,17-18H2,1-5H3,(H,30,31). The van der Waals surface area contributed by atoms with E-state index in [9.17, 15) is 5.11 Å². The van der Waals surface area contributed by atoms with Gasteiger partial charge in [-0.25, -0.2) is 0 Å². The van der Waals surface area contributed by atoms with E-state index in [1.807, 2.05) is 12.4 Å². The van der Waals surface area contributed by atoms with Crippen LogP contribution in [0.3, 0.4) is 0 Å². The molecule has 5 nitrogen and oxygen atoms in total. The Morgan fingerprint density at radius 2 is 1.74 bits per heavy atom. The average molecular weight is 462 g/mol. The fraction of sp³-hybridized carbons (Fsp3) is 0.483. The quantitative estimate of drug-likeness (QED) is 0.441. The average Bonchev–Trinajstić information content (AvgIpc) is 3.37. The molecule has 5 heteroatoms. The summed E-state index contributed by atoms with van der Waals surface area (Å²) in [5.74, 6) is 0. The van der Waals surface area contributed by atoms with Crippen LogP contribution in [-0.4, -0.2) is 46.1 Å². The number of nitrogens with one attached hydrogen (secondary N) is 1. The van der Waals surface area contributed by atoms with E-state index in [0.29, 0.717) is 13.2 Å². The van der Waals surface area contributed by atoms with Crippen molar-refractivity contribution in [2.45, 2.75) is 72.5 Å². The van der Waals surface area contributed by atoms with Crippen LogP contribution < -0.4 is 0 Å². The summed E-state index contributed by atoms with van der Waals surface area (Å²) in [6, 6.07) is 9.04. The van der Waals surface area contributed by atoms with Crippen molar-refractivity contribution in [1.29, 1.82) is 0 Å². The molecule has 2 unspecified atom stereocenters. The van der Waals surface area contributed by atoms with Crippen LogP contribution in [0.15, 0.2) is 36.7 Å². The van der Waals surface area contributed by atoms with E-state index in [2.05, 4.69) is 74.0 Å². The van der Waals surface area contributed by atoms with Crippen LogP contribution in [0.25, 0.3) is 0 Å². The second-order valence-corrected chi connectivity index (χ2v) is 9.48. The number of hydrogen-bond acceptors (Lipinski definition) is 4. The van der Waals surface area contributed by atoms with Gasteiger partial charge in [0.15, 0.2) is 0 Å². The minimum atomic E-state index is 0.0460. The summed E-state index contributed by atoms with van der Waals surface area (Å²) >= 11 is 0. The van der Waals surface area contributed by atoms with Gasteiger partial charge in [-0.1, -0.05) is 38.1 Å². The van der Waals surface area contributed by atoms with Crippen molar-refractivity contribution >= 4 is 0 Å². The van der Waals surface area contributed by atoms with E-state index in [1.165, 1.54) is 50.1 Å². The van der Waals surface area contributed by atoms with Gasteiger partial charge in [-0.2, -0.15) is 5.10 Å². The highest BCUT2D eigenvalue weighted by Crippen LogP contribution is 2.41. The van der Waals surface area contributed by atoms with E-state index >= 15 is 0 Å². The molecular formula is C29H39N3O2. The first-order chi connectivity index (χ1) is 16.5. The summed E-state index contributed by atoms with van der Waals surface area (Å²) < 4.78 is 5.93. The number of benzene rings is 2. The van der Waals surface area contributed by atoms with E-state index in [0.717, 1.165) is 25.8 Å². The molecule has 0 radical (unpaired) electrons. The number of nitrogens with zero attached hydrogens (tertiary/aromatic N) is 2. The van der Waals surface area contributed by atoms with Gasteiger partial charge in [0, 0.05) is 24.3 Å². The van der Waals surface area contributed by atoms with Gasteiger partial charge in [0.2, 0.25) is 0 Å². The summed E-state index contributed by atoms with van der Waals surface area (Å²) in [5.41, 5.74) is 12.5. The summed E-state index contributed by atoms with van der Waals surface area (Å²) in [5, 5.41) is 16.7. The molecule has 1 aromatic heterocycles. The summed E-state index contributed by atoms with van der Waals surface area (Å²) in [4.78, 5) is 2.61. The molecular weight excluding hydrogens is 422 g/mol. The molecule has 182 valence electrons. The molecule has 34 heavy (non-hydrogen) atoms. The van der Waals surface area contributed by atoms with Crippen molar-refractivity contribution in [2.75, 3.05) is 19.8 Å². The molecule has 3 aromatic rings. The molecule has 2 N–H and O–H groups in total. The molecule has 0 saturated carbocycles. The SMILES string of the molecule is CCc1c(C)c(CC)c(C)c(C(c2cn[nH]c2)N2Cc3ccccc3CC2COCCO)c1C. The normalized spacial score (nSPS) is 17.1. The predicted octanol–water partition coefficient (Wildman–Crippen LogP) is 4.98. The van der Waals surface area contributed by atoms with Gasteiger partial charge in [0.05, 0.1) is 32.1 Å². The molecule has 1 aliphatic rings.